The van der Waals surface area contributed by atoms with Crippen LogP contribution in [0.3, 0.4) is 0 Å². The number of hydrogen-bond acceptors (Lipinski definition) is 3. The van der Waals surface area contributed by atoms with Gasteiger partial charge in [-0.05, 0) is 20.3 Å². The van der Waals surface area contributed by atoms with Crippen LogP contribution < -0.4 is 11.3 Å². The summed E-state index contributed by atoms with van der Waals surface area (Å²) in [7, 11) is 0. The molecule has 74 valence electrons. The first-order valence-electron chi connectivity index (χ1n) is 4.75. The minimum atomic E-state index is 0.275. The number of hydrogen-bond donors (Lipinski definition) is 2. The van der Waals surface area contributed by atoms with E-state index in [4.69, 9.17) is 10.6 Å². The number of nitrogens with one attached hydrogen (secondary N) is 1. The van der Waals surface area contributed by atoms with Crippen molar-refractivity contribution < 1.29 is 4.74 Å². The molecule has 1 heterocycles. The average molecular weight is 182 g/mol. The predicted octanol–water partition coefficient (Wildman–Crippen LogP) is 0.657. The SMILES string of the molecule is CC#CCC(NN)C1COC(C)C1. The van der Waals surface area contributed by atoms with Crippen LogP contribution in [0, 0.1) is 17.8 Å². The second-order valence-corrected chi connectivity index (χ2v) is 3.54. The van der Waals surface area contributed by atoms with Gasteiger partial charge in [-0.2, -0.15) is 0 Å². The van der Waals surface area contributed by atoms with Gasteiger partial charge in [-0.25, -0.2) is 0 Å². The fourth-order valence-electron chi connectivity index (χ4n) is 1.70. The van der Waals surface area contributed by atoms with Crippen molar-refractivity contribution in [3.8, 4) is 11.8 Å². The minimum Gasteiger partial charge on any atom is -0.378 e. The first kappa shape index (κ1) is 10.5. The summed E-state index contributed by atoms with van der Waals surface area (Å²) >= 11 is 0. The molecule has 0 aromatic carbocycles. The highest BCUT2D eigenvalue weighted by Gasteiger charge is 2.28. The van der Waals surface area contributed by atoms with E-state index in [2.05, 4.69) is 24.2 Å². The van der Waals surface area contributed by atoms with E-state index in [0.717, 1.165) is 19.4 Å². The fourth-order valence-corrected chi connectivity index (χ4v) is 1.70. The van der Waals surface area contributed by atoms with Gasteiger partial charge in [0.1, 0.15) is 0 Å². The molecule has 3 N–H and O–H groups in total. The Labute approximate surface area is 80.0 Å². The number of rotatable bonds is 3. The monoisotopic (exact) mass is 182 g/mol. The molecule has 13 heavy (non-hydrogen) atoms. The van der Waals surface area contributed by atoms with Crippen molar-refractivity contribution in [3.05, 3.63) is 0 Å². The summed E-state index contributed by atoms with van der Waals surface area (Å²) in [6.45, 7) is 4.75. The van der Waals surface area contributed by atoms with E-state index < -0.39 is 0 Å². The molecule has 1 aliphatic heterocycles. The zero-order chi connectivity index (χ0) is 9.68. The van der Waals surface area contributed by atoms with E-state index in [0.29, 0.717) is 12.0 Å². The molecule has 1 fully saturated rings. The Kier molecular flexibility index (Phi) is 4.23. The van der Waals surface area contributed by atoms with Crippen LogP contribution in [0.2, 0.25) is 0 Å². The lowest BCUT2D eigenvalue weighted by Crippen LogP contribution is -2.41. The lowest BCUT2D eigenvalue weighted by molar-refractivity contribution is 0.117. The van der Waals surface area contributed by atoms with Gasteiger partial charge in [0.2, 0.25) is 0 Å². The molecule has 0 aromatic heterocycles. The molecule has 0 amide bonds. The van der Waals surface area contributed by atoms with Crippen molar-refractivity contribution in [1.29, 1.82) is 0 Å². The lowest BCUT2D eigenvalue weighted by Gasteiger charge is -2.18. The van der Waals surface area contributed by atoms with Crippen LogP contribution in [0.25, 0.3) is 0 Å². The van der Waals surface area contributed by atoms with Crippen LogP contribution in [0.4, 0.5) is 0 Å². The van der Waals surface area contributed by atoms with Crippen LogP contribution in [0.15, 0.2) is 0 Å². The van der Waals surface area contributed by atoms with Gasteiger partial charge in [0.05, 0.1) is 12.7 Å². The van der Waals surface area contributed by atoms with E-state index in [-0.39, 0.29) is 6.04 Å². The largest absolute Gasteiger partial charge is 0.378 e. The summed E-state index contributed by atoms with van der Waals surface area (Å²) < 4.78 is 5.48. The molecule has 0 spiro atoms. The van der Waals surface area contributed by atoms with Gasteiger partial charge >= 0.3 is 0 Å². The molecule has 1 rings (SSSR count). The van der Waals surface area contributed by atoms with E-state index in [1.54, 1.807) is 0 Å². The maximum atomic E-state index is 5.48. The van der Waals surface area contributed by atoms with Crippen LogP contribution in [-0.4, -0.2) is 18.8 Å². The molecule has 1 saturated heterocycles. The molecule has 3 nitrogen and oxygen atoms in total. The Hall–Kier alpha value is -0.560. The quantitative estimate of drug-likeness (QED) is 0.383. The summed E-state index contributed by atoms with van der Waals surface area (Å²) in [4.78, 5) is 0. The Bertz CT molecular complexity index is 207. The molecule has 0 bridgehead atoms. The Morgan fingerprint density at radius 2 is 2.46 bits per heavy atom. The van der Waals surface area contributed by atoms with Crippen LogP contribution >= 0.6 is 0 Å². The second-order valence-electron chi connectivity index (χ2n) is 3.54. The molecule has 3 unspecified atom stereocenters. The van der Waals surface area contributed by atoms with E-state index >= 15 is 0 Å². The van der Waals surface area contributed by atoms with Crippen LogP contribution in [-0.2, 0) is 4.74 Å². The van der Waals surface area contributed by atoms with E-state index in [1.165, 1.54) is 0 Å². The first-order valence-corrected chi connectivity index (χ1v) is 4.75. The molecule has 3 atom stereocenters. The van der Waals surface area contributed by atoms with E-state index in [9.17, 15) is 0 Å². The van der Waals surface area contributed by atoms with Crippen LogP contribution in [0.1, 0.15) is 26.7 Å². The Morgan fingerprint density at radius 1 is 1.69 bits per heavy atom. The summed E-state index contributed by atoms with van der Waals surface area (Å²) in [6.07, 6.45) is 2.27. The number of ether oxygens (including phenoxy) is 1. The second kappa shape index (κ2) is 5.23. The summed E-state index contributed by atoms with van der Waals surface area (Å²) in [5.41, 5.74) is 2.82. The molecular weight excluding hydrogens is 164 g/mol. The zero-order valence-electron chi connectivity index (χ0n) is 8.34. The fraction of sp³-hybridized carbons (Fsp3) is 0.800. The molecule has 0 aromatic rings. The highest BCUT2D eigenvalue weighted by Crippen LogP contribution is 2.23. The van der Waals surface area contributed by atoms with Crippen molar-refractivity contribution in [2.45, 2.75) is 38.8 Å². The normalized spacial score (nSPS) is 29.5. The lowest BCUT2D eigenvalue weighted by atomic mass is 9.95. The average Bonchev–Trinajstić information content (AvgIpc) is 2.54. The van der Waals surface area contributed by atoms with Crippen molar-refractivity contribution in [2.75, 3.05) is 6.61 Å². The van der Waals surface area contributed by atoms with E-state index in [1.807, 2.05) is 6.92 Å². The van der Waals surface area contributed by atoms with Gasteiger partial charge in [-0.15, -0.1) is 11.8 Å². The third kappa shape index (κ3) is 3.00. The van der Waals surface area contributed by atoms with Gasteiger partial charge in [-0.3, -0.25) is 11.3 Å². The number of hydrazine groups is 1. The van der Waals surface area contributed by atoms with Crippen molar-refractivity contribution >= 4 is 0 Å². The first-order chi connectivity index (χ1) is 6.27. The van der Waals surface area contributed by atoms with Gasteiger partial charge < -0.3 is 4.74 Å². The topological polar surface area (TPSA) is 47.3 Å². The van der Waals surface area contributed by atoms with Crippen LogP contribution in [0.5, 0.6) is 0 Å². The van der Waals surface area contributed by atoms with Gasteiger partial charge in [0.15, 0.2) is 0 Å². The molecule has 3 heteroatoms. The minimum absolute atomic E-state index is 0.275. The smallest absolute Gasteiger partial charge is 0.0551 e. The maximum Gasteiger partial charge on any atom is 0.0551 e. The Morgan fingerprint density at radius 3 is 2.92 bits per heavy atom. The number of nitrogens with two attached hydrogens (primary N) is 1. The predicted molar refractivity (Wildman–Crippen MR) is 52.7 cm³/mol. The molecular formula is C10H18N2O. The van der Waals surface area contributed by atoms with Gasteiger partial charge in [-0.1, -0.05) is 0 Å². The molecule has 0 aliphatic carbocycles. The molecule has 0 saturated carbocycles. The third-order valence-electron chi connectivity index (χ3n) is 2.51. The van der Waals surface area contributed by atoms with Crippen molar-refractivity contribution in [3.63, 3.8) is 0 Å². The molecule has 1 aliphatic rings. The standard InChI is InChI=1S/C10H18N2O/c1-3-4-5-10(12-11)9-6-8(2)13-7-9/h8-10,12H,5-7,11H2,1-2H3. The third-order valence-corrected chi connectivity index (χ3v) is 2.51. The summed E-state index contributed by atoms with van der Waals surface area (Å²) in [5, 5.41) is 0. The highest BCUT2D eigenvalue weighted by atomic mass is 16.5. The van der Waals surface area contributed by atoms with Gasteiger partial charge in [0, 0.05) is 18.4 Å². The van der Waals surface area contributed by atoms with Crippen molar-refractivity contribution in [2.24, 2.45) is 11.8 Å². The maximum absolute atomic E-state index is 5.48. The van der Waals surface area contributed by atoms with Gasteiger partial charge in [0.25, 0.3) is 0 Å². The highest BCUT2D eigenvalue weighted by molar-refractivity contribution is 4.99. The zero-order valence-corrected chi connectivity index (χ0v) is 8.34. The Balaban J connectivity index is 2.40. The summed E-state index contributed by atoms with van der Waals surface area (Å²) in [5.74, 6) is 11.9. The summed E-state index contributed by atoms with van der Waals surface area (Å²) in [6, 6.07) is 0.275. The molecule has 0 radical (unpaired) electrons. The van der Waals surface area contributed by atoms with Crippen molar-refractivity contribution in [1.82, 2.24) is 5.43 Å².